The van der Waals surface area contributed by atoms with E-state index in [0.29, 0.717) is 54.5 Å². The quantitative estimate of drug-likeness (QED) is 0.552. The summed E-state index contributed by atoms with van der Waals surface area (Å²) >= 11 is 0. The van der Waals surface area contributed by atoms with E-state index in [1.807, 2.05) is 32.0 Å². The number of aliphatic hydroxyl groups excluding tert-OH is 1. The number of nitrogens with one attached hydrogen (secondary N) is 1. The molecular formula is C27H29N5O4. The second-order valence-corrected chi connectivity index (χ2v) is 9.54. The lowest BCUT2D eigenvalue weighted by molar-refractivity contribution is 0.0928. The molecule has 0 saturated carbocycles. The zero-order valence-electron chi connectivity index (χ0n) is 20.4. The van der Waals surface area contributed by atoms with E-state index in [2.05, 4.69) is 21.5 Å². The van der Waals surface area contributed by atoms with Crippen molar-refractivity contribution in [2.45, 2.75) is 57.8 Å². The molecule has 2 amide bonds. The van der Waals surface area contributed by atoms with Crippen LogP contribution in [0, 0.1) is 11.3 Å². The van der Waals surface area contributed by atoms with Crippen LogP contribution in [0.3, 0.4) is 0 Å². The average molecular weight is 488 g/mol. The Kier molecular flexibility index (Phi) is 6.61. The number of piperidine rings is 1. The summed E-state index contributed by atoms with van der Waals surface area (Å²) in [6, 6.07) is 13.2. The van der Waals surface area contributed by atoms with Gasteiger partial charge >= 0.3 is 6.03 Å². The van der Waals surface area contributed by atoms with Gasteiger partial charge < -0.3 is 24.6 Å². The zero-order chi connectivity index (χ0) is 25.2. The van der Waals surface area contributed by atoms with Crippen LogP contribution in [0.25, 0.3) is 22.8 Å². The molecule has 2 N–H and O–H groups in total. The number of urea groups is 1. The van der Waals surface area contributed by atoms with Crippen LogP contribution in [0.1, 0.15) is 55.8 Å². The largest absolute Gasteiger partial charge is 0.490 e. The minimum absolute atomic E-state index is 0.0421. The van der Waals surface area contributed by atoms with Gasteiger partial charge in [-0.25, -0.2) is 4.79 Å². The van der Waals surface area contributed by atoms with Crippen molar-refractivity contribution in [3.8, 4) is 34.7 Å². The van der Waals surface area contributed by atoms with Gasteiger partial charge in [0.2, 0.25) is 5.82 Å². The van der Waals surface area contributed by atoms with Crippen LogP contribution in [-0.2, 0) is 6.42 Å². The first-order valence-electron chi connectivity index (χ1n) is 12.3. The van der Waals surface area contributed by atoms with E-state index in [-0.39, 0.29) is 24.3 Å². The zero-order valence-corrected chi connectivity index (χ0v) is 20.4. The van der Waals surface area contributed by atoms with E-state index >= 15 is 0 Å². The molecule has 1 aliphatic carbocycles. The number of likely N-dealkylation sites (tertiary alicyclic amines) is 1. The molecule has 1 unspecified atom stereocenters. The van der Waals surface area contributed by atoms with Crippen LogP contribution in [0.4, 0.5) is 4.79 Å². The maximum atomic E-state index is 12.8. The summed E-state index contributed by atoms with van der Waals surface area (Å²) in [5.41, 5.74) is 4.09. The lowest BCUT2D eigenvalue weighted by atomic mass is 10.0. The van der Waals surface area contributed by atoms with Gasteiger partial charge in [0.15, 0.2) is 0 Å². The number of amides is 2. The standard InChI is InChI=1S/C27H29N5O4/c1-16(2)35-24-9-6-17(14-18(24)15-28)26-30-25(31-36-26)22-5-3-4-21-20(22)7-8-23(21)29-27(34)32-12-10-19(33)11-13-32/h3-6,9,14,16,19,23,33H,7-8,10-13H2,1-2H3,(H,29,34). The van der Waals surface area contributed by atoms with Crippen LogP contribution in [-0.4, -0.2) is 51.5 Å². The Morgan fingerprint density at radius 1 is 1.25 bits per heavy atom. The summed E-state index contributed by atoms with van der Waals surface area (Å²) in [5.74, 6) is 1.32. The normalized spacial score (nSPS) is 17.6. The van der Waals surface area contributed by atoms with E-state index in [4.69, 9.17) is 9.26 Å². The molecule has 186 valence electrons. The Morgan fingerprint density at radius 2 is 2.06 bits per heavy atom. The predicted octanol–water partition coefficient (Wildman–Crippen LogP) is 4.22. The highest BCUT2D eigenvalue weighted by Crippen LogP contribution is 2.38. The monoisotopic (exact) mass is 487 g/mol. The van der Waals surface area contributed by atoms with E-state index in [9.17, 15) is 15.2 Å². The molecule has 1 saturated heterocycles. The maximum Gasteiger partial charge on any atom is 0.317 e. The highest BCUT2D eigenvalue weighted by molar-refractivity contribution is 5.76. The number of benzene rings is 2. The Labute approximate surface area is 209 Å². The number of ether oxygens (including phenoxy) is 1. The lowest BCUT2D eigenvalue weighted by Crippen LogP contribution is -2.46. The minimum atomic E-state index is -0.318. The van der Waals surface area contributed by atoms with Gasteiger partial charge in [-0.15, -0.1) is 0 Å². The van der Waals surface area contributed by atoms with Gasteiger partial charge in [0, 0.05) is 24.2 Å². The molecule has 1 aromatic heterocycles. The first kappa shape index (κ1) is 23.8. The molecule has 0 spiro atoms. The fourth-order valence-corrected chi connectivity index (χ4v) is 4.88. The molecule has 9 nitrogen and oxygen atoms in total. The molecule has 2 aromatic carbocycles. The Bertz CT molecular complexity index is 1300. The molecule has 36 heavy (non-hydrogen) atoms. The van der Waals surface area contributed by atoms with Crippen molar-refractivity contribution >= 4 is 6.03 Å². The van der Waals surface area contributed by atoms with Crippen molar-refractivity contribution in [3.63, 3.8) is 0 Å². The second-order valence-electron chi connectivity index (χ2n) is 9.54. The number of nitriles is 1. The highest BCUT2D eigenvalue weighted by atomic mass is 16.5. The van der Waals surface area contributed by atoms with Crippen molar-refractivity contribution in [3.05, 3.63) is 53.1 Å². The molecular weight excluding hydrogens is 458 g/mol. The summed E-state index contributed by atoms with van der Waals surface area (Å²) < 4.78 is 11.3. The smallest absolute Gasteiger partial charge is 0.317 e. The molecule has 1 aliphatic heterocycles. The van der Waals surface area contributed by atoms with E-state index in [1.165, 1.54) is 0 Å². The van der Waals surface area contributed by atoms with Gasteiger partial charge in [-0.2, -0.15) is 10.2 Å². The number of hydrogen-bond acceptors (Lipinski definition) is 7. The average Bonchev–Trinajstić information content (AvgIpc) is 3.52. The Morgan fingerprint density at radius 3 is 2.81 bits per heavy atom. The summed E-state index contributed by atoms with van der Waals surface area (Å²) in [4.78, 5) is 19.2. The highest BCUT2D eigenvalue weighted by Gasteiger charge is 2.30. The maximum absolute atomic E-state index is 12.8. The summed E-state index contributed by atoms with van der Waals surface area (Å²) in [6.45, 7) is 4.95. The summed E-state index contributed by atoms with van der Waals surface area (Å²) in [5, 5.41) is 26.6. The first-order chi connectivity index (χ1) is 17.4. The molecule has 5 rings (SSSR count). The molecule has 2 aliphatic rings. The third-order valence-electron chi connectivity index (χ3n) is 6.70. The summed E-state index contributed by atoms with van der Waals surface area (Å²) in [7, 11) is 0. The van der Waals surface area contributed by atoms with Crippen molar-refractivity contribution in [1.82, 2.24) is 20.4 Å². The predicted molar refractivity (Wildman–Crippen MR) is 132 cm³/mol. The molecule has 9 heteroatoms. The van der Waals surface area contributed by atoms with Crippen LogP contribution in [0.15, 0.2) is 40.9 Å². The third kappa shape index (κ3) is 4.77. The third-order valence-corrected chi connectivity index (χ3v) is 6.70. The van der Waals surface area contributed by atoms with Crippen LogP contribution >= 0.6 is 0 Å². The number of nitrogens with zero attached hydrogens (tertiary/aromatic N) is 4. The number of carbonyl (C=O) groups is 1. The SMILES string of the molecule is CC(C)Oc1ccc(-c2nc(-c3cccc4c3CCC4NC(=O)N3CCC(O)CC3)no2)cc1C#N. The second kappa shape index (κ2) is 9.99. The van der Waals surface area contributed by atoms with Crippen molar-refractivity contribution in [2.75, 3.05) is 13.1 Å². The van der Waals surface area contributed by atoms with Crippen LogP contribution in [0.5, 0.6) is 5.75 Å². The molecule has 1 atom stereocenters. The molecule has 3 aromatic rings. The Hall–Kier alpha value is -3.90. The van der Waals surface area contributed by atoms with Crippen molar-refractivity contribution in [1.29, 1.82) is 5.26 Å². The van der Waals surface area contributed by atoms with Crippen molar-refractivity contribution in [2.24, 2.45) is 0 Å². The van der Waals surface area contributed by atoms with E-state index < -0.39 is 0 Å². The number of aromatic nitrogens is 2. The number of carbonyl (C=O) groups excluding carboxylic acids is 1. The number of hydrogen-bond donors (Lipinski definition) is 2. The molecule has 0 radical (unpaired) electrons. The summed E-state index contributed by atoms with van der Waals surface area (Å²) in [6.07, 6.45) is 2.45. The minimum Gasteiger partial charge on any atom is -0.490 e. The van der Waals surface area contributed by atoms with Crippen molar-refractivity contribution < 1.29 is 19.2 Å². The van der Waals surface area contributed by atoms with Gasteiger partial charge in [0.25, 0.3) is 5.89 Å². The van der Waals surface area contributed by atoms with Gasteiger partial charge in [0.05, 0.1) is 23.8 Å². The topological polar surface area (TPSA) is 125 Å². The number of aliphatic hydroxyl groups is 1. The van der Waals surface area contributed by atoms with Crippen LogP contribution in [0.2, 0.25) is 0 Å². The first-order valence-corrected chi connectivity index (χ1v) is 12.3. The van der Waals surface area contributed by atoms with E-state index in [1.54, 1.807) is 23.1 Å². The molecule has 0 bridgehead atoms. The van der Waals surface area contributed by atoms with Gasteiger partial charge in [-0.3, -0.25) is 0 Å². The number of fused-ring (bicyclic) bond motifs is 1. The fourth-order valence-electron chi connectivity index (χ4n) is 4.88. The Balaban J connectivity index is 1.35. The van der Waals surface area contributed by atoms with E-state index in [0.717, 1.165) is 29.5 Å². The van der Waals surface area contributed by atoms with Crippen LogP contribution < -0.4 is 10.1 Å². The van der Waals surface area contributed by atoms with Gasteiger partial charge in [0.1, 0.15) is 11.8 Å². The lowest BCUT2D eigenvalue weighted by Gasteiger charge is -2.30. The molecule has 1 fully saturated rings. The number of rotatable bonds is 5. The van der Waals surface area contributed by atoms with Gasteiger partial charge in [-0.05, 0) is 68.9 Å². The van der Waals surface area contributed by atoms with Gasteiger partial charge in [-0.1, -0.05) is 23.4 Å². The fraction of sp³-hybridized carbons (Fsp3) is 0.407. The molecule has 2 heterocycles.